The molecule has 0 spiro atoms. The van der Waals surface area contributed by atoms with Gasteiger partial charge in [-0.15, -0.1) is 0 Å². The zero-order valence-electron chi connectivity index (χ0n) is 29.2. The fourth-order valence-electron chi connectivity index (χ4n) is 10.1. The monoisotopic (exact) mass is 633 g/mol. The minimum absolute atomic E-state index is 0.0914. The van der Waals surface area contributed by atoms with Crippen molar-refractivity contribution in [2.24, 2.45) is 0 Å². The van der Waals surface area contributed by atoms with Crippen LogP contribution in [0.25, 0.3) is 27.6 Å². The van der Waals surface area contributed by atoms with Crippen molar-refractivity contribution in [1.82, 2.24) is 9.55 Å². The number of rotatable bonds is 2. The first-order valence-corrected chi connectivity index (χ1v) is 17.7. The molecule has 49 heavy (non-hydrogen) atoms. The number of benzene rings is 5. The predicted molar refractivity (Wildman–Crippen MR) is 207 cm³/mol. The molecule has 0 radical (unpaired) electrons. The highest BCUT2D eigenvalue weighted by Gasteiger charge is 2.50. The summed E-state index contributed by atoms with van der Waals surface area (Å²) in [5, 5.41) is 2.50. The number of hydrogen-bond acceptors (Lipinski definition) is 2. The maximum atomic E-state index is 5.76. The van der Waals surface area contributed by atoms with Crippen LogP contribution in [-0.4, -0.2) is 16.3 Å². The fraction of sp³-hybridized carbons (Fsp3) is 0.222. The lowest BCUT2D eigenvalue weighted by Gasteiger charge is -2.45. The Balaban J connectivity index is 1.35. The summed E-state index contributed by atoms with van der Waals surface area (Å²) in [6, 6.07) is 45.0. The highest BCUT2D eigenvalue weighted by molar-refractivity contribution is 6.99. The molecule has 10 rings (SSSR count). The van der Waals surface area contributed by atoms with Gasteiger partial charge in [-0.1, -0.05) is 132 Å². The van der Waals surface area contributed by atoms with E-state index < -0.39 is 0 Å². The Labute approximate surface area is 289 Å². The number of pyridine rings is 1. The van der Waals surface area contributed by atoms with Crippen LogP contribution in [0.15, 0.2) is 121 Å². The lowest BCUT2D eigenvalue weighted by molar-refractivity contribution is 0.403. The number of anilines is 3. The van der Waals surface area contributed by atoms with Gasteiger partial charge in [-0.05, 0) is 86.8 Å². The van der Waals surface area contributed by atoms with Gasteiger partial charge in [0.05, 0.1) is 11.0 Å². The lowest BCUT2D eigenvalue weighted by atomic mass is 9.30. The van der Waals surface area contributed by atoms with Gasteiger partial charge in [0, 0.05) is 27.6 Å². The van der Waals surface area contributed by atoms with Gasteiger partial charge in [0.25, 0.3) is 0 Å². The van der Waals surface area contributed by atoms with Crippen molar-refractivity contribution in [3.63, 3.8) is 0 Å². The van der Waals surface area contributed by atoms with Gasteiger partial charge in [0.2, 0.25) is 6.71 Å². The van der Waals surface area contributed by atoms with Gasteiger partial charge in [-0.25, -0.2) is 4.98 Å². The van der Waals surface area contributed by atoms with E-state index in [9.17, 15) is 0 Å². The minimum atomic E-state index is -0.251. The second-order valence-electron chi connectivity index (χ2n) is 16.4. The quantitative estimate of drug-likeness (QED) is 0.177. The molecule has 4 heteroatoms. The second kappa shape index (κ2) is 9.54. The molecule has 238 valence electrons. The van der Waals surface area contributed by atoms with Crippen LogP contribution in [0.1, 0.15) is 70.2 Å². The van der Waals surface area contributed by atoms with Crippen LogP contribution in [0, 0.1) is 0 Å². The topological polar surface area (TPSA) is 21.1 Å². The molecule has 0 saturated carbocycles. The summed E-state index contributed by atoms with van der Waals surface area (Å²) < 4.78 is 2.39. The van der Waals surface area contributed by atoms with Crippen LogP contribution in [0.3, 0.4) is 0 Å². The fourth-order valence-corrected chi connectivity index (χ4v) is 10.1. The van der Waals surface area contributed by atoms with E-state index in [1.807, 2.05) is 0 Å². The van der Waals surface area contributed by atoms with E-state index in [2.05, 4.69) is 172 Å². The zero-order chi connectivity index (χ0) is 33.4. The zero-order valence-corrected chi connectivity index (χ0v) is 29.2. The average molecular weight is 634 g/mol. The Morgan fingerprint density at radius 1 is 0.571 bits per heavy atom. The first-order valence-electron chi connectivity index (χ1n) is 17.7. The van der Waals surface area contributed by atoms with Gasteiger partial charge >= 0.3 is 0 Å². The van der Waals surface area contributed by atoms with Crippen LogP contribution in [0.4, 0.5) is 17.2 Å². The summed E-state index contributed by atoms with van der Waals surface area (Å²) in [5.74, 6) is 1.99. The molecule has 3 aliphatic rings. The molecular formula is C45H40BN3. The molecular weight excluding hydrogens is 593 g/mol. The SMILES string of the molecule is CC1(C)CC(C)(C)c2cc3c(cc21)B1c2ccccc2N(c2ccccc2)c2nc(-n4c5ccccc5c5ccccc54)cc(c21)C3(C)C. The van der Waals surface area contributed by atoms with Crippen molar-refractivity contribution in [3.05, 3.63) is 144 Å². The highest BCUT2D eigenvalue weighted by Crippen LogP contribution is 2.51. The van der Waals surface area contributed by atoms with E-state index in [1.54, 1.807) is 0 Å². The van der Waals surface area contributed by atoms with Gasteiger partial charge < -0.3 is 0 Å². The van der Waals surface area contributed by atoms with Gasteiger partial charge in [-0.3, -0.25) is 9.47 Å². The Morgan fingerprint density at radius 3 is 1.86 bits per heavy atom. The van der Waals surface area contributed by atoms with Gasteiger partial charge in [-0.2, -0.15) is 0 Å². The molecule has 1 aliphatic carbocycles. The first kappa shape index (κ1) is 28.9. The largest absolute Gasteiger partial charge is 0.296 e. The minimum Gasteiger partial charge on any atom is -0.296 e. The molecule has 2 aromatic heterocycles. The molecule has 0 atom stereocenters. The van der Waals surface area contributed by atoms with E-state index in [4.69, 9.17) is 4.98 Å². The number of hydrogen-bond donors (Lipinski definition) is 0. The molecule has 0 bridgehead atoms. The van der Waals surface area contributed by atoms with Crippen LogP contribution in [0.2, 0.25) is 0 Å². The average Bonchev–Trinajstić information content (AvgIpc) is 3.52. The second-order valence-corrected chi connectivity index (χ2v) is 16.4. The van der Waals surface area contributed by atoms with E-state index >= 15 is 0 Å². The van der Waals surface area contributed by atoms with E-state index in [0.717, 1.165) is 23.7 Å². The van der Waals surface area contributed by atoms with Crippen molar-refractivity contribution in [2.75, 3.05) is 4.90 Å². The molecule has 0 N–H and O–H groups in total. The van der Waals surface area contributed by atoms with Gasteiger partial charge in [0.1, 0.15) is 11.6 Å². The number of para-hydroxylation sites is 4. The molecule has 7 aromatic rings. The number of aromatic nitrogens is 2. The van der Waals surface area contributed by atoms with Crippen LogP contribution in [0.5, 0.6) is 0 Å². The number of nitrogens with zero attached hydrogens (tertiary/aromatic N) is 3. The maximum absolute atomic E-state index is 5.76. The highest BCUT2D eigenvalue weighted by atomic mass is 15.2. The van der Waals surface area contributed by atoms with Gasteiger partial charge in [0.15, 0.2) is 0 Å². The van der Waals surface area contributed by atoms with E-state index in [0.29, 0.717) is 0 Å². The molecule has 3 nitrogen and oxygen atoms in total. The summed E-state index contributed by atoms with van der Waals surface area (Å²) in [6.45, 7) is 14.7. The van der Waals surface area contributed by atoms with Crippen molar-refractivity contribution in [2.45, 2.75) is 64.2 Å². The molecule has 4 heterocycles. The smallest absolute Gasteiger partial charge is 0.249 e. The summed E-state index contributed by atoms with van der Waals surface area (Å²) in [6.07, 6.45) is 1.15. The third-order valence-electron chi connectivity index (χ3n) is 12.0. The molecule has 2 aliphatic heterocycles. The van der Waals surface area contributed by atoms with Crippen molar-refractivity contribution >= 4 is 62.1 Å². The van der Waals surface area contributed by atoms with Crippen LogP contribution < -0.4 is 21.3 Å². The third kappa shape index (κ3) is 3.78. The maximum Gasteiger partial charge on any atom is 0.249 e. The molecule has 0 unspecified atom stereocenters. The molecule has 0 fully saturated rings. The first-order chi connectivity index (χ1) is 23.6. The van der Waals surface area contributed by atoms with E-state index in [1.165, 1.54) is 66.1 Å². The Hall–Kier alpha value is -5.09. The standard InChI is InChI=1S/C45H40BN3/c1-43(2)27-44(3,4)32-25-36-33(24-31(32)43)45(5,6)34-26-40(49-37-21-13-10-18-29(37)30-19-11-14-22-38(30)49)47-42-41(34)46(36)35-20-12-15-23-39(35)48(42)28-16-8-7-9-17-28/h7-26H,27H2,1-6H3. The lowest BCUT2D eigenvalue weighted by Crippen LogP contribution is -2.64. The summed E-state index contributed by atoms with van der Waals surface area (Å²) in [5.41, 5.74) is 14.6. The Bertz CT molecular complexity index is 2470. The van der Waals surface area contributed by atoms with Crippen LogP contribution >= 0.6 is 0 Å². The summed E-state index contributed by atoms with van der Waals surface area (Å²) in [7, 11) is 0. The molecule has 5 aromatic carbocycles. The summed E-state index contributed by atoms with van der Waals surface area (Å²) >= 11 is 0. The molecule has 0 amide bonds. The normalized spacial score (nSPS) is 17.5. The van der Waals surface area contributed by atoms with Crippen molar-refractivity contribution < 1.29 is 0 Å². The van der Waals surface area contributed by atoms with E-state index in [-0.39, 0.29) is 23.0 Å². The van der Waals surface area contributed by atoms with Crippen molar-refractivity contribution in [3.8, 4) is 5.82 Å². The Kier molecular flexibility index (Phi) is 5.62. The molecule has 0 saturated heterocycles. The summed E-state index contributed by atoms with van der Waals surface area (Å²) in [4.78, 5) is 8.18. The third-order valence-corrected chi connectivity index (χ3v) is 12.0. The Morgan fingerprint density at radius 2 is 1.16 bits per heavy atom. The van der Waals surface area contributed by atoms with Crippen LogP contribution in [-0.2, 0) is 16.2 Å². The number of fused-ring (bicyclic) bond motifs is 8. The predicted octanol–water partition coefficient (Wildman–Crippen LogP) is 9.08. The van der Waals surface area contributed by atoms with Crippen molar-refractivity contribution in [1.29, 1.82) is 0 Å².